The number of thioether (sulfide) groups is 1. The molecule has 2 aromatic heterocycles. The van der Waals surface area contributed by atoms with Gasteiger partial charge in [-0.05, 0) is 31.5 Å². The summed E-state index contributed by atoms with van der Waals surface area (Å²) in [6.45, 7) is 6.03. The first-order chi connectivity index (χ1) is 15.5. The van der Waals surface area contributed by atoms with Gasteiger partial charge in [0, 0.05) is 37.9 Å². The monoisotopic (exact) mass is 457 g/mol. The Morgan fingerprint density at radius 2 is 2.16 bits per heavy atom. The van der Waals surface area contributed by atoms with Crippen LogP contribution in [0.4, 0.5) is 0 Å². The van der Waals surface area contributed by atoms with E-state index in [9.17, 15) is 9.59 Å². The van der Waals surface area contributed by atoms with Crippen LogP contribution in [-0.2, 0) is 33.8 Å². The number of carbonyl (C=O) groups excluding carboxylic acids is 2. The highest BCUT2D eigenvalue weighted by Gasteiger charge is 2.30. The quantitative estimate of drug-likeness (QED) is 0.410. The molecule has 0 spiro atoms. The van der Waals surface area contributed by atoms with E-state index in [0.29, 0.717) is 32.7 Å². The number of aromatic amines is 1. The number of benzene rings is 1. The standard InChI is InChI=1S/C22H27N5O4S/c1-4-31-21(29)20-15-12-26(8-7-18(15)27(25-20)9-10-30-3)19(28)13-32-22-23-16-6-5-14(2)11-17(16)24-22/h5-6,11H,4,7-10,12-13H2,1-3H3,(H,23,24). The number of hydrogen-bond acceptors (Lipinski definition) is 7. The van der Waals surface area contributed by atoms with E-state index < -0.39 is 5.97 Å². The van der Waals surface area contributed by atoms with Crippen molar-refractivity contribution in [1.29, 1.82) is 0 Å². The number of H-pyrrole nitrogens is 1. The number of amides is 1. The zero-order valence-electron chi connectivity index (χ0n) is 18.5. The van der Waals surface area contributed by atoms with Crippen molar-refractivity contribution in [2.24, 2.45) is 0 Å². The van der Waals surface area contributed by atoms with Gasteiger partial charge in [-0.1, -0.05) is 17.8 Å². The highest BCUT2D eigenvalue weighted by molar-refractivity contribution is 7.99. The number of rotatable bonds is 8. The van der Waals surface area contributed by atoms with Crippen molar-refractivity contribution in [3.8, 4) is 0 Å². The van der Waals surface area contributed by atoms with Crippen LogP contribution >= 0.6 is 11.8 Å². The Morgan fingerprint density at radius 1 is 1.31 bits per heavy atom. The normalized spacial score (nSPS) is 13.4. The van der Waals surface area contributed by atoms with Crippen LogP contribution in [0.2, 0.25) is 0 Å². The molecule has 9 nitrogen and oxygen atoms in total. The number of aromatic nitrogens is 4. The lowest BCUT2D eigenvalue weighted by atomic mass is 10.0. The number of aryl methyl sites for hydroxylation is 1. The summed E-state index contributed by atoms with van der Waals surface area (Å²) in [4.78, 5) is 35.0. The van der Waals surface area contributed by atoms with Gasteiger partial charge in [-0.2, -0.15) is 5.10 Å². The van der Waals surface area contributed by atoms with E-state index in [0.717, 1.165) is 33.0 Å². The van der Waals surface area contributed by atoms with Crippen LogP contribution in [0, 0.1) is 6.92 Å². The van der Waals surface area contributed by atoms with Gasteiger partial charge >= 0.3 is 5.97 Å². The van der Waals surface area contributed by atoms with E-state index >= 15 is 0 Å². The summed E-state index contributed by atoms with van der Waals surface area (Å²) in [7, 11) is 1.63. The first-order valence-corrected chi connectivity index (χ1v) is 11.6. The van der Waals surface area contributed by atoms with E-state index in [4.69, 9.17) is 9.47 Å². The Bertz CT molecular complexity index is 1140. The van der Waals surface area contributed by atoms with E-state index in [-0.39, 0.29) is 24.0 Å². The maximum atomic E-state index is 12.9. The molecule has 1 aliphatic rings. The fourth-order valence-electron chi connectivity index (χ4n) is 3.82. The summed E-state index contributed by atoms with van der Waals surface area (Å²) in [5.41, 5.74) is 5.02. The Morgan fingerprint density at radius 3 is 2.94 bits per heavy atom. The fraction of sp³-hybridized carbons (Fsp3) is 0.455. The van der Waals surface area contributed by atoms with Crippen LogP contribution in [0.1, 0.15) is 34.2 Å². The summed E-state index contributed by atoms with van der Waals surface area (Å²) in [6, 6.07) is 6.03. The SMILES string of the molecule is CCOC(=O)c1nn(CCOC)c2c1CN(C(=O)CSc1nc3ccc(C)cc3[nH]1)CC2. The van der Waals surface area contributed by atoms with Gasteiger partial charge in [0.05, 0.1) is 36.5 Å². The van der Waals surface area contributed by atoms with Gasteiger partial charge in [0.25, 0.3) is 0 Å². The van der Waals surface area contributed by atoms with Gasteiger partial charge < -0.3 is 19.4 Å². The summed E-state index contributed by atoms with van der Waals surface area (Å²) in [6.07, 6.45) is 0.631. The molecule has 0 unspecified atom stereocenters. The first kappa shape index (κ1) is 22.3. The number of esters is 1. The third-order valence-electron chi connectivity index (χ3n) is 5.41. The number of hydrogen-bond donors (Lipinski definition) is 1. The number of methoxy groups -OCH3 is 1. The second kappa shape index (κ2) is 9.74. The molecule has 0 saturated carbocycles. The van der Waals surface area contributed by atoms with Crippen molar-refractivity contribution in [2.75, 3.05) is 32.6 Å². The third-order valence-corrected chi connectivity index (χ3v) is 6.27. The maximum Gasteiger partial charge on any atom is 0.359 e. The van der Waals surface area contributed by atoms with Crippen LogP contribution < -0.4 is 0 Å². The number of ether oxygens (including phenoxy) is 2. The molecule has 0 fully saturated rings. The lowest BCUT2D eigenvalue weighted by Gasteiger charge is -2.27. The molecule has 3 heterocycles. The average molecular weight is 458 g/mol. The molecule has 10 heteroatoms. The van der Waals surface area contributed by atoms with Crippen LogP contribution in [0.15, 0.2) is 23.4 Å². The van der Waals surface area contributed by atoms with E-state index in [1.807, 2.05) is 25.1 Å². The zero-order valence-corrected chi connectivity index (χ0v) is 19.3. The average Bonchev–Trinajstić information content (AvgIpc) is 3.36. The Kier molecular flexibility index (Phi) is 6.80. The third kappa shape index (κ3) is 4.66. The van der Waals surface area contributed by atoms with Gasteiger partial charge in [-0.15, -0.1) is 0 Å². The van der Waals surface area contributed by atoms with Crippen molar-refractivity contribution >= 4 is 34.7 Å². The molecule has 0 atom stereocenters. The Labute approximate surface area is 190 Å². The number of imidazole rings is 1. The summed E-state index contributed by atoms with van der Waals surface area (Å²) in [5, 5.41) is 5.19. The smallest absolute Gasteiger partial charge is 0.359 e. The van der Waals surface area contributed by atoms with Crippen molar-refractivity contribution in [2.45, 2.75) is 38.5 Å². The van der Waals surface area contributed by atoms with Gasteiger partial charge in [0.2, 0.25) is 5.91 Å². The molecular weight excluding hydrogens is 430 g/mol. The summed E-state index contributed by atoms with van der Waals surface area (Å²) >= 11 is 1.38. The van der Waals surface area contributed by atoms with E-state index in [2.05, 4.69) is 15.1 Å². The Hall–Kier alpha value is -2.85. The number of carbonyl (C=O) groups is 2. The van der Waals surface area contributed by atoms with Crippen molar-refractivity contribution in [1.82, 2.24) is 24.6 Å². The van der Waals surface area contributed by atoms with Gasteiger partial charge in [0.15, 0.2) is 10.9 Å². The molecule has 1 N–H and O–H groups in total. The van der Waals surface area contributed by atoms with Gasteiger partial charge in [-0.3, -0.25) is 9.48 Å². The molecule has 0 saturated heterocycles. The van der Waals surface area contributed by atoms with Crippen LogP contribution in [0.5, 0.6) is 0 Å². The zero-order chi connectivity index (χ0) is 22.7. The molecule has 0 aliphatic carbocycles. The summed E-state index contributed by atoms with van der Waals surface area (Å²) < 4.78 is 12.2. The molecule has 170 valence electrons. The van der Waals surface area contributed by atoms with Crippen molar-refractivity contribution < 1.29 is 19.1 Å². The van der Waals surface area contributed by atoms with Gasteiger partial charge in [0.1, 0.15) is 0 Å². The Balaban J connectivity index is 1.46. The molecule has 0 bridgehead atoms. The molecule has 32 heavy (non-hydrogen) atoms. The number of nitrogens with one attached hydrogen (secondary N) is 1. The first-order valence-electron chi connectivity index (χ1n) is 10.6. The predicted molar refractivity (Wildman–Crippen MR) is 121 cm³/mol. The van der Waals surface area contributed by atoms with Gasteiger partial charge in [-0.25, -0.2) is 9.78 Å². The summed E-state index contributed by atoms with van der Waals surface area (Å²) in [5.74, 6) is -0.196. The maximum absolute atomic E-state index is 12.9. The minimum atomic E-state index is -0.457. The van der Waals surface area contributed by atoms with E-state index in [1.165, 1.54) is 11.8 Å². The molecule has 4 rings (SSSR count). The second-order valence-electron chi connectivity index (χ2n) is 7.63. The lowest BCUT2D eigenvalue weighted by molar-refractivity contribution is -0.129. The highest BCUT2D eigenvalue weighted by atomic mass is 32.2. The minimum absolute atomic E-state index is 0.00302. The van der Waals surface area contributed by atoms with Crippen LogP contribution in [0.3, 0.4) is 0 Å². The molecular formula is C22H27N5O4S. The van der Waals surface area contributed by atoms with Crippen LogP contribution in [-0.4, -0.2) is 69.1 Å². The molecule has 3 aromatic rings. The topological polar surface area (TPSA) is 102 Å². The second-order valence-corrected chi connectivity index (χ2v) is 8.59. The van der Waals surface area contributed by atoms with Crippen LogP contribution in [0.25, 0.3) is 11.0 Å². The fourth-order valence-corrected chi connectivity index (χ4v) is 4.61. The number of nitrogens with zero attached hydrogens (tertiary/aromatic N) is 4. The lowest BCUT2D eigenvalue weighted by Crippen LogP contribution is -2.38. The predicted octanol–water partition coefficient (Wildman–Crippen LogP) is 2.57. The minimum Gasteiger partial charge on any atom is -0.461 e. The molecule has 1 amide bonds. The molecule has 1 aliphatic heterocycles. The molecule has 0 radical (unpaired) electrons. The largest absolute Gasteiger partial charge is 0.461 e. The van der Waals surface area contributed by atoms with Crippen molar-refractivity contribution in [3.05, 3.63) is 40.7 Å². The number of fused-ring (bicyclic) bond motifs is 2. The highest BCUT2D eigenvalue weighted by Crippen LogP contribution is 2.26. The van der Waals surface area contributed by atoms with Crippen molar-refractivity contribution in [3.63, 3.8) is 0 Å². The van der Waals surface area contributed by atoms with E-state index in [1.54, 1.807) is 23.6 Å². The molecule has 1 aromatic carbocycles.